The lowest BCUT2D eigenvalue weighted by molar-refractivity contribution is -0.137. The van der Waals surface area contributed by atoms with E-state index in [0.29, 0.717) is 19.4 Å². The van der Waals surface area contributed by atoms with Crippen LogP contribution in [-0.2, 0) is 12.7 Å². The van der Waals surface area contributed by atoms with E-state index in [4.69, 9.17) is 16.3 Å². The lowest BCUT2D eigenvalue weighted by Gasteiger charge is -2.36. The summed E-state index contributed by atoms with van der Waals surface area (Å²) < 4.78 is 46.4. The number of imidazole rings is 1. The largest absolute Gasteiger partial charge is 0.489 e. The van der Waals surface area contributed by atoms with Crippen LogP contribution in [0.5, 0.6) is 5.75 Å². The average Bonchev–Trinajstić information content (AvgIpc) is 3.06. The van der Waals surface area contributed by atoms with Gasteiger partial charge in [-0.25, -0.2) is 4.98 Å². The molecule has 0 amide bonds. The molecule has 4 rings (SSSR count). The first-order valence-corrected chi connectivity index (χ1v) is 8.96. The lowest BCUT2D eigenvalue weighted by atomic mass is 9.89. The molecule has 0 bridgehead atoms. The van der Waals surface area contributed by atoms with Crippen molar-refractivity contribution in [1.82, 2.24) is 14.7 Å². The molecule has 0 aliphatic heterocycles. The van der Waals surface area contributed by atoms with Gasteiger partial charge < -0.3 is 14.5 Å². The number of hydrogen-bond donors (Lipinski definition) is 1. The normalized spacial score (nSPS) is 19.9. The van der Waals surface area contributed by atoms with E-state index < -0.39 is 11.7 Å². The molecule has 2 heterocycles. The highest BCUT2D eigenvalue weighted by molar-refractivity contribution is 6.32. The Morgan fingerprint density at radius 3 is 2.78 bits per heavy atom. The summed E-state index contributed by atoms with van der Waals surface area (Å²) in [6.07, 6.45) is 2.38. The summed E-state index contributed by atoms with van der Waals surface area (Å²) in [6.45, 7) is 0.670. The van der Waals surface area contributed by atoms with Gasteiger partial charge in [-0.05, 0) is 31.0 Å². The molecule has 1 fully saturated rings. The van der Waals surface area contributed by atoms with E-state index in [0.717, 1.165) is 17.3 Å². The third-order valence-corrected chi connectivity index (χ3v) is 5.13. The molecule has 4 nitrogen and oxygen atoms in total. The summed E-state index contributed by atoms with van der Waals surface area (Å²) in [4.78, 5) is 4.34. The lowest BCUT2D eigenvalue weighted by Crippen LogP contribution is -2.46. The molecule has 0 atom stereocenters. The van der Waals surface area contributed by atoms with Crippen molar-refractivity contribution in [3.63, 3.8) is 0 Å². The number of nitrogens with one attached hydrogen (secondary N) is 1. The Labute approximate surface area is 158 Å². The fraction of sp³-hybridized carbons (Fsp3) is 0.316. The zero-order valence-electron chi connectivity index (χ0n) is 14.2. The third-order valence-electron chi connectivity index (χ3n) is 4.74. The number of pyridine rings is 1. The van der Waals surface area contributed by atoms with Crippen LogP contribution in [0.15, 0.2) is 48.9 Å². The van der Waals surface area contributed by atoms with Crippen LogP contribution in [0.25, 0.3) is 5.65 Å². The Hall–Kier alpha value is -2.25. The van der Waals surface area contributed by atoms with Crippen molar-refractivity contribution in [2.75, 3.05) is 0 Å². The number of rotatable bonds is 5. The van der Waals surface area contributed by atoms with E-state index in [1.54, 1.807) is 6.20 Å². The van der Waals surface area contributed by atoms with Gasteiger partial charge in [0.05, 0.1) is 10.6 Å². The summed E-state index contributed by atoms with van der Waals surface area (Å²) in [5.41, 5.74) is 1.13. The number of aromatic nitrogens is 2. The van der Waals surface area contributed by atoms with Crippen LogP contribution in [-0.4, -0.2) is 21.5 Å². The molecule has 3 aromatic rings. The SMILES string of the molecule is FC(F)(F)c1cccc(O[C@H]2C[C@H](NCc3cccn4ccnc34)C2)c1Cl. The monoisotopic (exact) mass is 395 g/mol. The van der Waals surface area contributed by atoms with Crippen LogP contribution < -0.4 is 10.1 Å². The van der Waals surface area contributed by atoms with Crippen LogP contribution >= 0.6 is 11.6 Å². The highest BCUT2D eigenvalue weighted by Crippen LogP contribution is 2.40. The zero-order valence-corrected chi connectivity index (χ0v) is 15.0. The van der Waals surface area contributed by atoms with Gasteiger partial charge in [0, 0.05) is 36.7 Å². The Kier molecular flexibility index (Phi) is 4.74. The summed E-state index contributed by atoms with van der Waals surface area (Å²) in [5, 5.41) is 3.05. The number of alkyl halides is 3. The minimum Gasteiger partial charge on any atom is -0.489 e. The first-order chi connectivity index (χ1) is 12.9. The number of halogens is 4. The molecule has 27 heavy (non-hydrogen) atoms. The highest BCUT2D eigenvalue weighted by atomic mass is 35.5. The minimum absolute atomic E-state index is 0.0806. The molecule has 0 spiro atoms. The minimum atomic E-state index is -4.49. The molecule has 1 aliphatic rings. The van der Waals surface area contributed by atoms with Crippen molar-refractivity contribution >= 4 is 17.2 Å². The number of hydrogen-bond acceptors (Lipinski definition) is 3. The molecule has 1 aliphatic carbocycles. The maximum Gasteiger partial charge on any atom is 0.417 e. The van der Waals surface area contributed by atoms with Crippen molar-refractivity contribution in [1.29, 1.82) is 0 Å². The van der Waals surface area contributed by atoms with Crippen molar-refractivity contribution in [3.8, 4) is 5.75 Å². The van der Waals surface area contributed by atoms with Crippen molar-refractivity contribution in [3.05, 3.63) is 65.1 Å². The first kappa shape index (κ1) is 18.1. The molecule has 0 unspecified atom stereocenters. The van der Waals surface area contributed by atoms with Gasteiger partial charge in [-0.2, -0.15) is 13.2 Å². The second-order valence-electron chi connectivity index (χ2n) is 6.60. The highest BCUT2D eigenvalue weighted by Gasteiger charge is 2.36. The topological polar surface area (TPSA) is 38.6 Å². The van der Waals surface area contributed by atoms with E-state index >= 15 is 0 Å². The molecule has 0 saturated heterocycles. The van der Waals surface area contributed by atoms with Crippen LogP contribution in [0.2, 0.25) is 5.02 Å². The molecule has 142 valence electrons. The van der Waals surface area contributed by atoms with Gasteiger partial charge in [-0.15, -0.1) is 0 Å². The molecular weight excluding hydrogens is 379 g/mol. The molecule has 1 N–H and O–H groups in total. The van der Waals surface area contributed by atoms with E-state index in [1.165, 1.54) is 12.1 Å². The van der Waals surface area contributed by atoms with Crippen molar-refractivity contribution in [2.45, 2.75) is 37.7 Å². The van der Waals surface area contributed by atoms with Gasteiger partial charge in [0.15, 0.2) is 0 Å². The fourth-order valence-electron chi connectivity index (χ4n) is 3.23. The van der Waals surface area contributed by atoms with E-state index in [1.807, 2.05) is 28.9 Å². The molecule has 0 radical (unpaired) electrons. The standard InChI is InChI=1S/C19H17ClF3N3O/c20-17-15(19(21,22)23)4-1-5-16(17)27-14-9-13(10-14)25-11-12-3-2-7-26-8-6-24-18(12)26/h1-8,13-14,25H,9-11H2/t13-,14-. The maximum absolute atomic E-state index is 12.9. The van der Waals surface area contributed by atoms with Crippen LogP contribution in [0.3, 0.4) is 0 Å². The Morgan fingerprint density at radius 1 is 1.19 bits per heavy atom. The third kappa shape index (κ3) is 3.75. The van der Waals surface area contributed by atoms with Gasteiger partial charge in [-0.3, -0.25) is 0 Å². The molecule has 8 heteroatoms. The van der Waals surface area contributed by atoms with Crippen LogP contribution in [0, 0.1) is 0 Å². The van der Waals surface area contributed by atoms with Gasteiger partial charge in [0.25, 0.3) is 0 Å². The van der Waals surface area contributed by atoms with Crippen LogP contribution in [0.4, 0.5) is 13.2 Å². The predicted molar refractivity (Wildman–Crippen MR) is 95.9 cm³/mol. The predicted octanol–water partition coefficient (Wildman–Crippen LogP) is 4.71. The quantitative estimate of drug-likeness (QED) is 0.680. The first-order valence-electron chi connectivity index (χ1n) is 8.58. The molecule has 1 aromatic carbocycles. The number of fused-ring (bicyclic) bond motifs is 1. The van der Waals surface area contributed by atoms with Gasteiger partial charge in [-0.1, -0.05) is 23.7 Å². The van der Waals surface area contributed by atoms with Gasteiger partial charge in [0.1, 0.15) is 17.5 Å². The van der Waals surface area contributed by atoms with Gasteiger partial charge in [0.2, 0.25) is 0 Å². The molecular formula is C19H17ClF3N3O. The summed E-state index contributed by atoms with van der Waals surface area (Å²) >= 11 is 5.87. The average molecular weight is 396 g/mol. The molecule has 1 saturated carbocycles. The summed E-state index contributed by atoms with van der Waals surface area (Å²) in [7, 11) is 0. The Bertz CT molecular complexity index is 951. The number of nitrogens with zero attached hydrogens (tertiary/aromatic N) is 2. The smallest absolute Gasteiger partial charge is 0.417 e. The Balaban J connectivity index is 1.32. The van der Waals surface area contributed by atoms with Crippen molar-refractivity contribution < 1.29 is 17.9 Å². The number of ether oxygens (including phenoxy) is 1. The van der Waals surface area contributed by atoms with Crippen LogP contribution in [0.1, 0.15) is 24.0 Å². The van der Waals surface area contributed by atoms with E-state index in [9.17, 15) is 13.2 Å². The Morgan fingerprint density at radius 2 is 2.00 bits per heavy atom. The number of benzene rings is 1. The summed E-state index contributed by atoms with van der Waals surface area (Å²) in [5.74, 6) is 0.0806. The maximum atomic E-state index is 12.9. The summed E-state index contributed by atoms with van der Waals surface area (Å²) in [6, 6.07) is 7.96. The zero-order chi connectivity index (χ0) is 19.0. The fourth-order valence-corrected chi connectivity index (χ4v) is 3.51. The van der Waals surface area contributed by atoms with E-state index in [-0.39, 0.29) is 22.9 Å². The molecule has 2 aromatic heterocycles. The van der Waals surface area contributed by atoms with E-state index in [2.05, 4.69) is 10.3 Å². The second kappa shape index (κ2) is 7.05. The second-order valence-corrected chi connectivity index (χ2v) is 6.97. The van der Waals surface area contributed by atoms with Crippen molar-refractivity contribution in [2.24, 2.45) is 0 Å². The van der Waals surface area contributed by atoms with Gasteiger partial charge >= 0.3 is 6.18 Å².